The van der Waals surface area contributed by atoms with Crippen LogP contribution < -0.4 is 16.0 Å². The fourth-order valence-corrected chi connectivity index (χ4v) is 1.17. The van der Waals surface area contributed by atoms with E-state index in [1.807, 2.05) is 6.92 Å². The Balaban J connectivity index is 3.82. The first kappa shape index (κ1) is 15.2. The topological polar surface area (TPSA) is 108 Å². The number of nitrogens with one attached hydrogen (secondary N) is 3. The lowest BCUT2D eigenvalue weighted by atomic mass is 10.2. The molecule has 0 aromatic heterocycles. The molecule has 0 saturated heterocycles. The number of carboxylic acid groups (broad SMARTS) is 1. The summed E-state index contributed by atoms with van der Waals surface area (Å²) in [5.41, 5.74) is 0. The Kier molecular flexibility index (Phi) is 7.49. The molecule has 0 aromatic rings. The highest BCUT2D eigenvalue weighted by Crippen LogP contribution is 1.96. The van der Waals surface area contributed by atoms with Gasteiger partial charge in [-0.3, -0.25) is 4.79 Å². The Bertz CT molecular complexity index is 281. The van der Waals surface area contributed by atoms with E-state index in [9.17, 15) is 14.4 Å². The van der Waals surface area contributed by atoms with Crippen LogP contribution in [0.5, 0.6) is 0 Å². The van der Waals surface area contributed by atoms with Gasteiger partial charge in [-0.15, -0.1) is 0 Å². The minimum Gasteiger partial charge on any atom is -0.480 e. The van der Waals surface area contributed by atoms with Crippen molar-refractivity contribution in [2.75, 3.05) is 13.1 Å². The summed E-state index contributed by atoms with van der Waals surface area (Å²) in [5.74, 6) is -1.23. The molecular weight excluding hydrogens is 226 g/mol. The van der Waals surface area contributed by atoms with Crippen LogP contribution in [0.15, 0.2) is 0 Å². The lowest BCUT2D eigenvalue weighted by Crippen LogP contribution is -2.47. The van der Waals surface area contributed by atoms with E-state index in [2.05, 4.69) is 16.0 Å². The summed E-state index contributed by atoms with van der Waals surface area (Å²) in [6.45, 7) is 3.78. The summed E-state index contributed by atoms with van der Waals surface area (Å²) in [7, 11) is 0. The van der Waals surface area contributed by atoms with Crippen LogP contribution >= 0.6 is 0 Å². The molecule has 0 aliphatic rings. The van der Waals surface area contributed by atoms with Gasteiger partial charge in [0.1, 0.15) is 6.04 Å². The minimum atomic E-state index is -1.05. The highest BCUT2D eigenvalue weighted by atomic mass is 16.4. The maximum Gasteiger partial charge on any atom is 0.326 e. The molecule has 0 saturated carbocycles. The Labute approximate surface area is 100.0 Å². The van der Waals surface area contributed by atoms with Gasteiger partial charge in [-0.1, -0.05) is 13.3 Å². The highest BCUT2D eigenvalue weighted by molar-refractivity contribution is 5.82. The predicted molar refractivity (Wildman–Crippen MR) is 61.5 cm³/mol. The highest BCUT2D eigenvalue weighted by Gasteiger charge is 2.18. The molecule has 7 nitrogen and oxygen atoms in total. The monoisotopic (exact) mass is 245 g/mol. The van der Waals surface area contributed by atoms with Crippen LogP contribution in [0.3, 0.4) is 0 Å². The van der Waals surface area contributed by atoms with Gasteiger partial charge in [-0.05, 0) is 6.42 Å². The molecule has 3 amide bonds. The van der Waals surface area contributed by atoms with Crippen LogP contribution in [-0.2, 0) is 9.59 Å². The molecular formula is C10H19N3O4. The number of aliphatic carboxylic acids is 1. The summed E-state index contributed by atoms with van der Waals surface area (Å²) in [6.07, 6.45) is 1.05. The third-order valence-corrected chi connectivity index (χ3v) is 1.97. The van der Waals surface area contributed by atoms with Crippen LogP contribution in [0, 0.1) is 0 Å². The van der Waals surface area contributed by atoms with Crippen molar-refractivity contribution in [3.63, 3.8) is 0 Å². The second kappa shape index (κ2) is 8.37. The van der Waals surface area contributed by atoms with Crippen molar-refractivity contribution in [1.29, 1.82) is 0 Å². The van der Waals surface area contributed by atoms with E-state index < -0.39 is 18.0 Å². The van der Waals surface area contributed by atoms with Crippen molar-refractivity contribution in [3.05, 3.63) is 0 Å². The van der Waals surface area contributed by atoms with Gasteiger partial charge in [0.2, 0.25) is 5.91 Å². The first-order valence-corrected chi connectivity index (χ1v) is 5.49. The number of urea groups is 1. The summed E-state index contributed by atoms with van der Waals surface area (Å²) < 4.78 is 0. The van der Waals surface area contributed by atoms with E-state index in [-0.39, 0.29) is 12.5 Å². The van der Waals surface area contributed by atoms with Gasteiger partial charge >= 0.3 is 12.0 Å². The van der Waals surface area contributed by atoms with Gasteiger partial charge in [0, 0.05) is 20.0 Å². The average Bonchev–Trinajstić information content (AvgIpc) is 2.23. The van der Waals surface area contributed by atoms with E-state index in [1.165, 1.54) is 6.92 Å². The largest absolute Gasteiger partial charge is 0.480 e. The van der Waals surface area contributed by atoms with Crippen LogP contribution in [0.25, 0.3) is 0 Å². The number of amides is 3. The lowest BCUT2D eigenvalue weighted by molar-refractivity contribution is -0.139. The Morgan fingerprint density at radius 2 is 1.76 bits per heavy atom. The van der Waals surface area contributed by atoms with Gasteiger partial charge in [-0.2, -0.15) is 0 Å². The molecule has 0 aliphatic heterocycles. The van der Waals surface area contributed by atoms with E-state index >= 15 is 0 Å². The SMILES string of the molecule is CCCC(NC(=O)NCCNC(C)=O)C(=O)O. The molecule has 1 unspecified atom stereocenters. The quantitative estimate of drug-likeness (QED) is 0.461. The second-order valence-electron chi connectivity index (χ2n) is 3.56. The molecule has 1 atom stereocenters. The molecule has 7 heteroatoms. The summed E-state index contributed by atoms with van der Waals surface area (Å²) in [4.78, 5) is 32.5. The van der Waals surface area contributed by atoms with Crippen molar-refractivity contribution in [1.82, 2.24) is 16.0 Å². The number of rotatable bonds is 7. The van der Waals surface area contributed by atoms with Gasteiger partial charge in [0.25, 0.3) is 0 Å². The van der Waals surface area contributed by atoms with Crippen molar-refractivity contribution < 1.29 is 19.5 Å². The molecule has 0 aromatic carbocycles. The molecule has 0 fully saturated rings. The third kappa shape index (κ3) is 8.06. The van der Waals surface area contributed by atoms with Crippen molar-refractivity contribution in [2.45, 2.75) is 32.7 Å². The second-order valence-corrected chi connectivity index (χ2v) is 3.56. The molecule has 0 heterocycles. The van der Waals surface area contributed by atoms with E-state index in [0.717, 1.165) is 0 Å². The van der Waals surface area contributed by atoms with Crippen LogP contribution in [0.4, 0.5) is 4.79 Å². The van der Waals surface area contributed by atoms with E-state index in [0.29, 0.717) is 19.4 Å². The number of hydrogen-bond donors (Lipinski definition) is 4. The molecule has 0 spiro atoms. The van der Waals surface area contributed by atoms with Crippen LogP contribution in [-0.4, -0.2) is 42.1 Å². The smallest absolute Gasteiger partial charge is 0.326 e. The van der Waals surface area contributed by atoms with Crippen LogP contribution in [0.1, 0.15) is 26.7 Å². The molecule has 0 radical (unpaired) electrons. The van der Waals surface area contributed by atoms with Gasteiger partial charge in [0.05, 0.1) is 0 Å². The molecule has 4 N–H and O–H groups in total. The fourth-order valence-electron chi connectivity index (χ4n) is 1.17. The first-order chi connectivity index (χ1) is 7.97. The maximum atomic E-state index is 11.3. The van der Waals surface area contributed by atoms with E-state index in [4.69, 9.17) is 5.11 Å². The Morgan fingerprint density at radius 1 is 1.18 bits per heavy atom. The maximum absolute atomic E-state index is 11.3. The summed E-state index contributed by atoms with van der Waals surface area (Å²) in [5, 5.41) is 16.1. The van der Waals surface area contributed by atoms with Crippen molar-refractivity contribution in [2.24, 2.45) is 0 Å². The number of carbonyl (C=O) groups is 3. The van der Waals surface area contributed by atoms with E-state index in [1.54, 1.807) is 0 Å². The minimum absolute atomic E-state index is 0.179. The third-order valence-electron chi connectivity index (χ3n) is 1.97. The number of hydrogen-bond acceptors (Lipinski definition) is 3. The standard InChI is InChI=1S/C10H19N3O4/c1-3-4-8(9(15)16)13-10(17)12-6-5-11-7(2)14/h8H,3-6H2,1-2H3,(H,11,14)(H,15,16)(H2,12,13,17). The molecule has 0 bridgehead atoms. The predicted octanol–water partition coefficient (Wildman–Crippen LogP) is -0.325. The zero-order chi connectivity index (χ0) is 13.3. The van der Waals surface area contributed by atoms with Gasteiger partial charge in [-0.25, -0.2) is 9.59 Å². The van der Waals surface area contributed by atoms with Gasteiger partial charge in [0.15, 0.2) is 0 Å². The Morgan fingerprint density at radius 3 is 2.24 bits per heavy atom. The normalized spacial score (nSPS) is 11.4. The molecule has 0 rings (SSSR count). The summed E-state index contributed by atoms with van der Waals surface area (Å²) >= 11 is 0. The molecule has 0 aliphatic carbocycles. The van der Waals surface area contributed by atoms with Crippen molar-refractivity contribution in [3.8, 4) is 0 Å². The first-order valence-electron chi connectivity index (χ1n) is 5.49. The summed E-state index contributed by atoms with van der Waals surface area (Å²) in [6, 6.07) is -1.42. The lowest BCUT2D eigenvalue weighted by Gasteiger charge is -2.14. The average molecular weight is 245 g/mol. The van der Waals surface area contributed by atoms with Crippen molar-refractivity contribution >= 4 is 17.9 Å². The molecule has 98 valence electrons. The fraction of sp³-hybridized carbons (Fsp3) is 0.700. The Hall–Kier alpha value is -1.79. The number of carboxylic acids is 1. The zero-order valence-corrected chi connectivity index (χ0v) is 10.1. The number of carbonyl (C=O) groups excluding carboxylic acids is 2. The zero-order valence-electron chi connectivity index (χ0n) is 10.1. The van der Waals surface area contributed by atoms with Gasteiger partial charge < -0.3 is 21.1 Å². The van der Waals surface area contributed by atoms with Crippen LogP contribution in [0.2, 0.25) is 0 Å². The molecule has 17 heavy (non-hydrogen) atoms.